The minimum Gasteiger partial charge on any atom is -0.295 e. The Morgan fingerprint density at radius 1 is 0.719 bits per heavy atom. The first kappa shape index (κ1) is 19.1. The van der Waals surface area contributed by atoms with E-state index in [0.717, 1.165) is 17.0 Å². The number of fused-ring (bicyclic) bond motifs is 8. The largest absolute Gasteiger partial charge is 0.295 e. The van der Waals surface area contributed by atoms with Gasteiger partial charge >= 0.3 is 0 Å². The quantitative estimate of drug-likeness (QED) is 0.288. The van der Waals surface area contributed by atoms with Crippen molar-refractivity contribution in [2.45, 2.75) is 39.5 Å². The smallest absolute Gasteiger partial charge is 0.148 e. The van der Waals surface area contributed by atoms with Crippen LogP contribution in [-0.2, 0) is 0 Å². The molecule has 158 valence electrons. The van der Waals surface area contributed by atoms with Gasteiger partial charge < -0.3 is 0 Å². The number of hydrogen-bond acceptors (Lipinski definition) is 1. The van der Waals surface area contributed by atoms with Crippen LogP contribution in [0.1, 0.15) is 50.7 Å². The van der Waals surface area contributed by atoms with Gasteiger partial charge in [-0.05, 0) is 47.2 Å². The zero-order valence-corrected chi connectivity index (χ0v) is 19.0. The lowest BCUT2D eigenvalue weighted by molar-refractivity contribution is 0.837. The molecule has 6 rings (SSSR count). The molecule has 0 aliphatic heterocycles. The van der Waals surface area contributed by atoms with Gasteiger partial charge in [-0.2, -0.15) is 0 Å². The van der Waals surface area contributed by atoms with Crippen LogP contribution in [0.15, 0.2) is 79.0 Å². The maximum Gasteiger partial charge on any atom is 0.148 e. The normalized spacial score (nSPS) is 12.3. The Balaban J connectivity index is 1.79. The first-order chi connectivity index (χ1) is 15.5. The molecule has 3 nitrogen and oxygen atoms in total. The van der Waals surface area contributed by atoms with Gasteiger partial charge in [0.15, 0.2) is 0 Å². The van der Waals surface area contributed by atoms with Gasteiger partial charge in [0, 0.05) is 22.5 Å². The molecule has 0 unspecified atom stereocenters. The highest BCUT2D eigenvalue weighted by Gasteiger charge is 2.20. The Morgan fingerprint density at radius 2 is 1.38 bits per heavy atom. The summed E-state index contributed by atoms with van der Waals surface area (Å²) in [5.74, 6) is 0.863. The van der Waals surface area contributed by atoms with Crippen LogP contribution in [0.25, 0.3) is 44.4 Å². The van der Waals surface area contributed by atoms with Gasteiger partial charge in [0.05, 0.1) is 16.7 Å². The van der Waals surface area contributed by atoms with Crippen LogP contribution < -0.4 is 0 Å². The summed E-state index contributed by atoms with van der Waals surface area (Å²) in [5.41, 5.74) is 9.64. The fraction of sp³-hybridized carbons (Fsp3) is 0.207. The third kappa shape index (κ3) is 2.64. The molecule has 32 heavy (non-hydrogen) atoms. The summed E-state index contributed by atoms with van der Waals surface area (Å²) in [4.78, 5) is 5.27. The van der Waals surface area contributed by atoms with Crippen molar-refractivity contribution in [1.29, 1.82) is 0 Å². The topological polar surface area (TPSA) is 21.7 Å². The second-order valence-corrected chi connectivity index (χ2v) is 9.35. The number of benzene rings is 3. The maximum absolute atomic E-state index is 5.27. The zero-order valence-electron chi connectivity index (χ0n) is 19.0. The summed E-state index contributed by atoms with van der Waals surface area (Å²) in [6.45, 7) is 9.08. The summed E-state index contributed by atoms with van der Waals surface area (Å²) >= 11 is 0. The van der Waals surface area contributed by atoms with Gasteiger partial charge in [-0.3, -0.25) is 8.80 Å². The second-order valence-electron chi connectivity index (χ2n) is 9.35. The van der Waals surface area contributed by atoms with E-state index in [-0.39, 0.29) is 0 Å². The summed E-state index contributed by atoms with van der Waals surface area (Å²) in [5, 5.41) is 2.41. The first-order valence-electron chi connectivity index (χ1n) is 11.5. The Labute approximate surface area is 187 Å². The average Bonchev–Trinajstić information content (AvgIpc) is 3.41. The van der Waals surface area contributed by atoms with E-state index in [0.29, 0.717) is 11.8 Å². The molecule has 0 fully saturated rings. The van der Waals surface area contributed by atoms with Crippen LogP contribution in [0, 0.1) is 0 Å². The van der Waals surface area contributed by atoms with Gasteiger partial charge in [0.25, 0.3) is 0 Å². The molecule has 3 aromatic heterocycles. The molecule has 0 radical (unpaired) electrons. The van der Waals surface area contributed by atoms with Crippen molar-refractivity contribution >= 4 is 33.1 Å². The highest BCUT2D eigenvalue weighted by molar-refractivity contribution is 6.00. The summed E-state index contributed by atoms with van der Waals surface area (Å²) in [6, 6.07) is 26.2. The minimum absolute atomic E-state index is 0.432. The Hall–Kier alpha value is -3.59. The lowest BCUT2D eigenvalue weighted by Crippen LogP contribution is -1.99. The molecule has 0 aliphatic rings. The summed E-state index contributed by atoms with van der Waals surface area (Å²) < 4.78 is 4.64. The monoisotopic (exact) mass is 417 g/mol. The summed E-state index contributed by atoms with van der Waals surface area (Å²) in [7, 11) is 0. The Kier molecular flexibility index (Phi) is 4.16. The zero-order chi connectivity index (χ0) is 22.0. The Bertz CT molecular complexity index is 1600. The van der Waals surface area contributed by atoms with Crippen molar-refractivity contribution in [2.75, 3.05) is 0 Å². The van der Waals surface area contributed by atoms with E-state index in [9.17, 15) is 0 Å². The van der Waals surface area contributed by atoms with E-state index >= 15 is 0 Å². The van der Waals surface area contributed by atoms with E-state index < -0.39 is 0 Å². The fourth-order valence-electron chi connectivity index (χ4n) is 5.14. The van der Waals surface area contributed by atoms with Crippen molar-refractivity contribution in [3.63, 3.8) is 0 Å². The Morgan fingerprint density at radius 3 is 2.09 bits per heavy atom. The summed E-state index contributed by atoms with van der Waals surface area (Å²) in [6.07, 6.45) is 2.24. The molecule has 6 aromatic rings. The third-order valence-corrected chi connectivity index (χ3v) is 6.66. The van der Waals surface area contributed by atoms with Gasteiger partial charge in [-0.15, -0.1) is 0 Å². The number of hydrogen-bond donors (Lipinski definition) is 0. The van der Waals surface area contributed by atoms with Crippen molar-refractivity contribution in [2.24, 2.45) is 0 Å². The molecule has 0 aliphatic carbocycles. The van der Waals surface area contributed by atoms with Gasteiger partial charge in [-0.25, -0.2) is 4.98 Å². The van der Waals surface area contributed by atoms with Crippen LogP contribution in [0.4, 0.5) is 0 Å². The lowest BCUT2D eigenvalue weighted by Gasteiger charge is -2.18. The van der Waals surface area contributed by atoms with Crippen molar-refractivity contribution in [3.8, 4) is 11.3 Å². The molecular weight excluding hydrogens is 390 g/mol. The molecule has 0 saturated carbocycles. The molecular formula is C29H27N3. The third-order valence-electron chi connectivity index (χ3n) is 6.66. The second kappa shape index (κ2) is 6.96. The van der Waals surface area contributed by atoms with E-state index in [1.807, 2.05) is 0 Å². The fourth-order valence-corrected chi connectivity index (χ4v) is 5.14. The van der Waals surface area contributed by atoms with Gasteiger partial charge in [-0.1, -0.05) is 76.2 Å². The van der Waals surface area contributed by atoms with Crippen LogP contribution in [0.2, 0.25) is 0 Å². The van der Waals surface area contributed by atoms with Crippen LogP contribution >= 0.6 is 0 Å². The van der Waals surface area contributed by atoms with Gasteiger partial charge in [0.1, 0.15) is 11.3 Å². The van der Waals surface area contributed by atoms with E-state index in [1.165, 1.54) is 38.5 Å². The number of imidazole rings is 1. The van der Waals surface area contributed by atoms with E-state index in [1.54, 1.807) is 0 Å². The SMILES string of the molecule is CC(C)c1cccc(C(C)C)c1-c1cn2c(n1)c1ccccc1n1c3ccccc3cc21. The molecule has 0 bridgehead atoms. The standard InChI is InChI=1S/C29H27N3/c1-18(2)21-12-9-13-22(19(3)4)28(21)24-17-31-27-16-20-10-5-7-14-25(20)32(27)26-15-8-6-11-23(26)29(31)30-24/h5-19H,1-4H3. The number of rotatable bonds is 3. The van der Waals surface area contributed by atoms with Crippen molar-refractivity contribution in [3.05, 3.63) is 90.1 Å². The van der Waals surface area contributed by atoms with Crippen molar-refractivity contribution in [1.82, 2.24) is 13.8 Å². The number of para-hydroxylation sites is 2. The molecule has 0 spiro atoms. The van der Waals surface area contributed by atoms with Crippen LogP contribution in [0.5, 0.6) is 0 Å². The molecule has 0 N–H and O–H groups in total. The molecule has 0 amide bonds. The minimum atomic E-state index is 0.432. The predicted molar refractivity (Wildman–Crippen MR) is 135 cm³/mol. The molecule has 0 atom stereocenters. The van der Waals surface area contributed by atoms with Crippen LogP contribution in [0.3, 0.4) is 0 Å². The van der Waals surface area contributed by atoms with Gasteiger partial charge in [0.2, 0.25) is 0 Å². The highest BCUT2D eigenvalue weighted by atomic mass is 15.1. The molecule has 3 heteroatoms. The average molecular weight is 418 g/mol. The molecule has 3 heterocycles. The van der Waals surface area contributed by atoms with E-state index in [4.69, 9.17) is 4.98 Å². The lowest BCUT2D eigenvalue weighted by atomic mass is 9.87. The van der Waals surface area contributed by atoms with Crippen LogP contribution in [-0.4, -0.2) is 13.8 Å². The number of nitrogens with zero attached hydrogens (tertiary/aromatic N) is 3. The molecule has 3 aromatic carbocycles. The molecule has 0 saturated heterocycles. The first-order valence-corrected chi connectivity index (χ1v) is 11.5. The predicted octanol–water partition coefficient (Wildman–Crippen LogP) is 7.81. The maximum atomic E-state index is 5.27. The number of aromatic nitrogens is 3. The highest BCUT2D eigenvalue weighted by Crippen LogP contribution is 2.37. The van der Waals surface area contributed by atoms with E-state index in [2.05, 4.69) is 115 Å². The van der Waals surface area contributed by atoms with Crippen molar-refractivity contribution < 1.29 is 0 Å².